The van der Waals surface area contributed by atoms with Crippen LogP contribution in [-0.2, 0) is 11.3 Å². The van der Waals surface area contributed by atoms with Crippen molar-refractivity contribution in [3.63, 3.8) is 0 Å². The Bertz CT molecular complexity index is 1030. The molecular weight excluding hydrogens is 370 g/mol. The van der Waals surface area contributed by atoms with Gasteiger partial charge in [0.2, 0.25) is 5.91 Å². The molecule has 3 rings (SSSR count). The monoisotopic (exact) mass is 395 g/mol. The van der Waals surface area contributed by atoms with Gasteiger partial charge in [-0.3, -0.25) is 14.2 Å². The number of amides is 1. The predicted molar refractivity (Wildman–Crippen MR) is 115 cm³/mol. The highest BCUT2D eigenvalue weighted by molar-refractivity contribution is 7.99. The molecule has 0 aliphatic heterocycles. The lowest BCUT2D eigenvalue weighted by Crippen LogP contribution is -2.33. The zero-order chi connectivity index (χ0) is 20.1. The maximum atomic E-state index is 13.1. The summed E-state index contributed by atoms with van der Waals surface area (Å²) >= 11 is 1.19. The van der Waals surface area contributed by atoms with Crippen LogP contribution < -0.4 is 10.9 Å². The van der Waals surface area contributed by atoms with E-state index in [4.69, 9.17) is 0 Å². The van der Waals surface area contributed by atoms with Gasteiger partial charge in [0.1, 0.15) is 0 Å². The zero-order valence-electron chi connectivity index (χ0n) is 16.4. The van der Waals surface area contributed by atoms with Crippen molar-refractivity contribution in [2.24, 2.45) is 0 Å². The summed E-state index contributed by atoms with van der Waals surface area (Å²) in [7, 11) is 0. The van der Waals surface area contributed by atoms with E-state index in [0.717, 1.165) is 23.0 Å². The van der Waals surface area contributed by atoms with Crippen LogP contribution in [0.4, 0.5) is 0 Å². The fraction of sp³-hybridized carbons (Fsp3) is 0.318. The summed E-state index contributed by atoms with van der Waals surface area (Å²) in [6.45, 7) is 6.49. The minimum atomic E-state index is -0.166. The lowest BCUT2D eigenvalue weighted by Gasteiger charge is -2.13. The van der Waals surface area contributed by atoms with Crippen molar-refractivity contribution < 1.29 is 4.79 Å². The molecule has 3 aromatic rings. The molecule has 0 spiro atoms. The molecule has 0 saturated heterocycles. The number of thioether (sulfide) groups is 1. The Morgan fingerprint density at radius 3 is 2.61 bits per heavy atom. The van der Waals surface area contributed by atoms with Crippen LogP contribution in [0.25, 0.3) is 11.0 Å². The maximum absolute atomic E-state index is 13.1. The van der Waals surface area contributed by atoms with Crippen LogP contribution in [0.1, 0.15) is 31.4 Å². The first kappa shape index (κ1) is 20.1. The summed E-state index contributed by atoms with van der Waals surface area (Å²) in [6, 6.07) is 15.9. The number of nitrogens with one attached hydrogen (secondary N) is 1. The molecule has 1 atom stereocenters. The molecule has 1 amide bonds. The number of benzene rings is 2. The fourth-order valence-corrected chi connectivity index (χ4v) is 3.60. The van der Waals surface area contributed by atoms with Crippen molar-refractivity contribution in [1.82, 2.24) is 14.9 Å². The Morgan fingerprint density at radius 2 is 1.89 bits per heavy atom. The van der Waals surface area contributed by atoms with Gasteiger partial charge in [-0.1, -0.05) is 60.6 Å². The van der Waals surface area contributed by atoms with Gasteiger partial charge >= 0.3 is 0 Å². The topological polar surface area (TPSA) is 64.0 Å². The summed E-state index contributed by atoms with van der Waals surface area (Å²) in [4.78, 5) is 29.7. The highest BCUT2D eigenvalue weighted by Crippen LogP contribution is 2.18. The van der Waals surface area contributed by atoms with E-state index in [1.54, 1.807) is 4.57 Å². The second kappa shape index (κ2) is 9.06. The van der Waals surface area contributed by atoms with Crippen molar-refractivity contribution >= 4 is 28.7 Å². The number of nitrogens with zero attached hydrogens (tertiary/aromatic N) is 2. The number of carbonyl (C=O) groups excluding carboxylic acids is 1. The van der Waals surface area contributed by atoms with E-state index >= 15 is 0 Å². The zero-order valence-corrected chi connectivity index (χ0v) is 17.3. The summed E-state index contributed by atoms with van der Waals surface area (Å²) < 4.78 is 1.74. The average molecular weight is 396 g/mol. The van der Waals surface area contributed by atoms with Gasteiger partial charge in [-0.2, -0.15) is 0 Å². The highest BCUT2D eigenvalue weighted by atomic mass is 32.2. The molecule has 0 aliphatic rings. The smallest absolute Gasteiger partial charge is 0.283 e. The first-order valence-corrected chi connectivity index (χ1v) is 10.4. The van der Waals surface area contributed by atoms with Gasteiger partial charge in [0.05, 0.1) is 23.3 Å². The van der Waals surface area contributed by atoms with Crippen LogP contribution in [-0.4, -0.2) is 27.3 Å². The first-order valence-electron chi connectivity index (χ1n) is 9.45. The third kappa shape index (κ3) is 4.81. The van der Waals surface area contributed by atoms with Crippen LogP contribution in [0.3, 0.4) is 0 Å². The third-order valence-electron chi connectivity index (χ3n) is 4.64. The molecule has 0 aliphatic carbocycles. The van der Waals surface area contributed by atoms with E-state index in [-0.39, 0.29) is 23.3 Å². The number of carbonyl (C=O) groups is 1. The molecule has 1 heterocycles. The van der Waals surface area contributed by atoms with Crippen molar-refractivity contribution in [1.29, 1.82) is 0 Å². The molecule has 6 heteroatoms. The summed E-state index contributed by atoms with van der Waals surface area (Å²) in [5, 5.41) is 3.27. The molecular formula is C22H25N3O2S. The molecule has 146 valence electrons. The van der Waals surface area contributed by atoms with Gasteiger partial charge in [-0.05, 0) is 38.0 Å². The van der Waals surface area contributed by atoms with Gasteiger partial charge in [0, 0.05) is 6.04 Å². The standard InChI is InChI=1S/C22H25N3O2S/c1-4-16(3)23-20(26)14-28-21-22(27)25(13-17-11-9-15(2)10-12-17)19-8-6-5-7-18(19)24-21/h5-12,16H,4,13-14H2,1-3H3,(H,23,26). The largest absolute Gasteiger partial charge is 0.353 e. The third-order valence-corrected chi connectivity index (χ3v) is 5.59. The van der Waals surface area contributed by atoms with Crippen LogP contribution in [0.15, 0.2) is 58.4 Å². The van der Waals surface area contributed by atoms with Gasteiger partial charge in [0.15, 0.2) is 5.03 Å². The second-order valence-electron chi connectivity index (χ2n) is 6.95. The molecule has 1 aromatic heterocycles. The van der Waals surface area contributed by atoms with E-state index in [1.807, 2.05) is 69.3 Å². The minimum Gasteiger partial charge on any atom is -0.353 e. The molecule has 0 saturated carbocycles. The van der Waals surface area contributed by atoms with Gasteiger partial charge in [0.25, 0.3) is 5.56 Å². The SMILES string of the molecule is CCC(C)NC(=O)CSc1nc2ccccc2n(Cc2ccc(C)cc2)c1=O. The van der Waals surface area contributed by atoms with Crippen LogP contribution in [0.2, 0.25) is 0 Å². The normalized spacial score (nSPS) is 12.1. The predicted octanol–water partition coefficient (Wildman–Crippen LogP) is 3.76. The van der Waals surface area contributed by atoms with E-state index in [1.165, 1.54) is 17.3 Å². The quantitative estimate of drug-likeness (QED) is 0.619. The van der Waals surface area contributed by atoms with E-state index < -0.39 is 0 Å². The lowest BCUT2D eigenvalue weighted by molar-refractivity contribution is -0.119. The Kier molecular flexibility index (Phi) is 6.52. The maximum Gasteiger partial charge on any atom is 0.283 e. The van der Waals surface area contributed by atoms with E-state index in [0.29, 0.717) is 11.6 Å². The Morgan fingerprint density at radius 1 is 1.18 bits per heavy atom. The van der Waals surface area contributed by atoms with Crippen molar-refractivity contribution in [2.75, 3.05) is 5.75 Å². The van der Waals surface area contributed by atoms with Crippen LogP contribution >= 0.6 is 11.8 Å². The summed E-state index contributed by atoms with van der Waals surface area (Å²) in [5.74, 6) is 0.0916. The molecule has 2 aromatic carbocycles. The van der Waals surface area contributed by atoms with E-state index in [2.05, 4.69) is 10.3 Å². The fourth-order valence-electron chi connectivity index (χ4n) is 2.85. The number of fused-ring (bicyclic) bond motifs is 1. The highest BCUT2D eigenvalue weighted by Gasteiger charge is 2.14. The van der Waals surface area contributed by atoms with Crippen molar-refractivity contribution in [3.05, 3.63) is 70.0 Å². The first-order chi connectivity index (χ1) is 13.5. The average Bonchev–Trinajstić information content (AvgIpc) is 2.70. The number of hydrogen-bond acceptors (Lipinski definition) is 4. The van der Waals surface area contributed by atoms with Crippen LogP contribution in [0, 0.1) is 6.92 Å². The van der Waals surface area contributed by atoms with Crippen LogP contribution in [0.5, 0.6) is 0 Å². The Labute approximate surface area is 169 Å². The minimum absolute atomic E-state index is 0.0845. The Hall–Kier alpha value is -2.60. The number of aryl methyl sites for hydroxylation is 1. The van der Waals surface area contributed by atoms with Gasteiger partial charge in [-0.15, -0.1) is 0 Å². The molecule has 0 fully saturated rings. The summed E-state index contributed by atoms with van der Waals surface area (Å²) in [6.07, 6.45) is 0.869. The molecule has 0 radical (unpaired) electrons. The van der Waals surface area contributed by atoms with Gasteiger partial charge < -0.3 is 5.32 Å². The number of hydrogen-bond donors (Lipinski definition) is 1. The van der Waals surface area contributed by atoms with Gasteiger partial charge in [-0.25, -0.2) is 4.98 Å². The molecule has 1 N–H and O–H groups in total. The number of aromatic nitrogens is 2. The van der Waals surface area contributed by atoms with Crippen molar-refractivity contribution in [2.45, 2.75) is 44.8 Å². The Balaban J connectivity index is 1.91. The molecule has 0 bridgehead atoms. The lowest BCUT2D eigenvalue weighted by atomic mass is 10.1. The molecule has 5 nitrogen and oxygen atoms in total. The molecule has 28 heavy (non-hydrogen) atoms. The van der Waals surface area contributed by atoms with Crippen molar-refractivity contribution in [3.8, 4) is 0 Å². The summed E-state index contributed by atoms with van der Waals surface area (Å²) in [5.41, 5.74) is 3.61. The second-order valence-corrected chi connectivity index (χ2v) is 7.91. The number of para-hydroxylation sites is 2. The van der Waals surface area contributed by atoms with E-state index in [9.17, 15) is 9.59 Å². The number of rotatable bonds is 7. The molecule has 1 unspecified atom stereocenters.